The Balaban J connectivity index is 1.83. The molecule has 2 aromatic rings. The first-order chi connectivity index (χ1) is 13.8. The third-order valence-corrected chi connectivity index (χ3v) is 4.68. The zero-order valence-electron chi connectivity index (χ0n) is 17.9. The number of aryl methyl sites for hydroxylation is 3. The van der Waals surface area contributed by atoms with E-state index in [0.717, 1.165) is 28.1 Å². The van der Waals surface area contributed by atoms with Crippen LogP contribution in [0.4, 0.5) is 5.69 Å². The quantitative estimate of drug-likeness (QED) is 0.696. The number of methoxy groups -OCH3 is 1. The van der Waals surface area contributed by atoms with Gasteiger partial charge < -0.3 is 19.7 Å². The molecule has 2 amide bonds. The number of hydrogen-bond donors (Lipinski definition) is 1. The molecule has 0 aliphatic heterocycles. The van der Waals surface area contributed by atoms with Crippen LogP contribution in [0.3, 0.4) is 0 Å². The Kier molecular flexibility index (Phi) is 8.07. The standard InChI is InChI=1S/C23H30N2O4/c1-16-14-17(2)23(18(3)15-16)24-22(27)10-11-25(19(4)26)12-13-29-21-8-6-20(28-5)7-9-21/h6-9,14-15H,10-13H2,1-5H3,(H,24,27). The predicted octanol–water partition coefficient (Wildman–Crippen LogP) is 3.88. The minimum absolute atomic E-state index is 0.0844. The molecule has 2 rings (SSSR count). The monoisotopic (exact) mass is 398 g/mol. The van der Waals surface area contributed by atoms with Crippen LogP contribution >= 0.6 is 0 Å². The number of hydrogen-bond acceptors (Lipinski definition) is 4. The van der Waals surface area contributed by atoms with E-state index in [2.05, 4.69) is 5.32 Å². The highest BCUT2D eigenvalue weighted by molar-refractivity contribution is 5.92. The Hall–Kier alpha value is -3.02. The van der Waals surface area contributed by atoms with Gasteiger partial charge in [0.25, 0.3) is 0 Å². The Morgan fingerprint density at radius 1 is 0.966 bits per heavy atom. The Labute approximate surface area is 172 Å². The second-order valence-corrected chi connectivity index (χ2v) is 7.10. The lowest BCUT2D eigenvalue weighted by Crippen LogP contribution is -2.35. The molecule has 0 saturated carbocycles. The molecule has 29 heavy (non-hydrogen) atoms. The SMILES string of the molecule is COc1ccc(OCCN(CCC(=O)Nc2c(C)cc(C)cc2C)C(C)=O)cc1. The van der Waals surface area contributed by atoms with Crippen molar-refractivity contribution >= 4 is 17.5 Å². The van der Waals surface area contributed by atoms with Gasteiger partial charge in [-0.15, -0.1) is 0 Å². The van der Waals surface area contributed by atoms with E-state index in [9.17, 15) is 9.59 Å². The molecule has 156 valence electrons. The Bertz CT molecular complexity index is 823. The molecule has 0 spiro atoms. The van der Waals surface area contributed by atoms with Crippen molar-refractivity contribution in [3.8, 4) is 11.5 Å². The van der Waals surface area contributed by atoms with Crippen LogP contribution in [0.5, 0.6) is 11.5 Å². The highest BCUT2D eigenvalue weighted by Crippen LogP contribution is 2.22. The molecule has 0 aliphatic carbocycles. The lowest BCUT2D eigenvalue weighted by Gasteiger charge is -2.21. The van der Waals surface area contributed by atoms with Crippen LogP contribution in [0.25, 0.3) is 0 Å². The van der Waals surface area contributed by atoms with Crippen LogP contribution in [0.1, 0.15) is 30.0 Å². The van der Waals surface area contributed by atoms with E-state index in [1.165, 1.54) is 6.92 Å². The summed E-state index contributed by atoms with van der Waals surface area (Å²) in [5.74, 6) is 1.27. The first-order valence-electron chi connectivity index (χ1n) is 9.70. The molecule has 0 atom stereocenters. The van der Waals surface area contributed by atoms with Gasteiger partial charge in [-0.25, -0.2) is 0 Å². The van der Waals surface area contributed by atoms with E-state index in [0.29, 0.717) is 25.4 Å². The van der Waals surface area contributed by atoms with E-state index < -0.39 is 0 Å². The maximum Gasteiger partial charge on any atom is 0.226 e. The molecule has 0 bridgehead atoms. The molecular weight excluding hydrogens is 368 g/mol. The van der Waals surface area contributed by atoms with Crippen molar-refractivity contribution in [2.75, 3.05) is 32.1 Å². The zero-order chi connectivity index (χ0) is 21.4. The summed E-state index contributed by atoms with van der Waals surface area (Å²) in [6.07, 6.45) is 0.231. The van der Waals surface area contributed by atoms with Crippen molar-refractivity contribution in [3.63, 3.8) is 0 Å². The molecule has 2 aromatic carbocycles. The molecule has 0 aliphatic rings. The lowest BCUT2D eigenvalue weighted by molar-refractivity contribution is -0.129. The van der Waals surface area contributed by atoms with Gasteiger partial charge in [-0.3, -0.25) is 9.59 Å². The number of nitrogens with zero attached hydrogens (tertiary/aromatic N) is 1. The van der Waals surface area contributed by atoms with Crippen LogP contribution in [0.15, 0.2) is 36.4 Å². The van der Waals surface area contributed by atoms with Gasteiger partial charge in [0.15, 0.2) is 0 Å². The fraction of sp³-hybridized carbons (Fsp3) is 0.391. The van der Waals surface area contributed by atoms with Crippen molar-refractivity contribution in [2.24, 2.45) is 0 Å². The summed E-state index contributed by atoms with van der Waals surface area (Å²) in [6.45, 7) is 8.60. The summed E-state index contributed by atoms with van der Waals surface area (Å²) in [7, 11) is 1.61. The lowest BCUT2D eigenvalue weighted by atomic mass is 10.1. The maximum atomic E-state index is 12.4. The molecular formula is C23H30N2O4. The molecule has 0 radical (unpaired) electrons. The molecule has 6 heteroatoms. The van der Waals surface area contributed by atoms with Crippen LogP contribution in [-0.2, 0) is 9.59 Å². The predicted molar refractivity (Wildman–Crippen MR) is 115 cm³/mol. The average molecular weight is 399 g/mol. The van der Waals surface area contributed by atoms with Gasteiger partial charge in [0.2, 0.25) is 11.8 Å². The minimum atomic E-state index is -0.109. The molecule has 1 N–H and O–H groups in total. The van der Waals surface area contributed by atoms with E-state index in [1.54, 1.807) is 12.0 Å². The third-order valence-electron chi connectivity index (χ3n) is 4.68. The number of ether oxygens (including phenoxy) is 2. The second kappa shape index (κ2) is 10.5. The summed E-state index contributed by atoms with van der Waals surface area (Å²) in [6, 6.07) is 11.4. The normalized spacial score (nSPS) is 10.4. The summed E-state index contributed by atoms with van der Waals surface area (Å²) < 4.78 is 10.8. The van der Waals surface area contributed by atoms with Crippen molar-refractivity contribution in [2.45, 2.75) is 34.1 Å². The van der Waals surface area contributed by atoms with E-state index in [4.69, 9.17) is 9.47 Å². The van der Waals surface area contributed by atoms with Crippen LogP contribution in [-0.4, -0.2) is 43.5 Å². The smallest absolute Gasteiger partial charge is 0.226 e. The van der Waals surface area contributed by atoms with Crippen LogP contribution < -0.4 is 14.8 Å². The summed E-state index contributed by atoms with van der Waals surface area (Å²) >= 11 is 0. The van der Waals surface area contributed by atoms with Crippen molar-refractivity contribution in [3.05, 3.63) is 53.1 Å². The summed E-state index contributed by atoms with van der Waals surface area (Å²) in [4.78, 5) is 25.9. The largest absolute Gasteiger partial charge is 0.497 e. The van der Waals surface area contributed by atoms with Gasteiger partial charge in [0.05, 0.1) is 13.7 Å². The first-order valence-corrected chi connectivity index (χ1v) is 9.70. The summed E-state index contributed by atoms with van der Waals surface area (Å²) in [5.41, 5.74) is 4.08. The van der Waals surface area contributed by atoms with Crippen molar-refractivity contribution in [1.29, 1.82) is 0 Å². The fourth-order valence-electron chi connectivity index (χ4n) is 3.19. The topological polar surface area (TPSA) is 67.9 Å². The number of anilines is 1. The van der Waals surface area contributed by atoms with Gasteiger partial charge >= 0.3 is 0 Å². The number of rotatable bonds is 9. The maximum absolute atomic E-state index is 12.4. The van der Waals surface area contributed by atoms with E-state index >= 15 is 0 Å². The number of carbonyl (C=O) groups excluding carboxylic acids is 2. The average Bonchev–Trinajstić information content (AvgIpc) is 2.67. The van der Waals surface area contributed by atoms with E-state index in [1.807, 2.05) is 57.2 Å². The third kappa shape index (κ3) is 6.82. The van der Waals surface area contributed by atoms with Gasteiger partial charge in [-0.2, -0.15) is 0 Å². The molecule has 0 aromatic heterocycles. The minimum Gasteiger partial charge on any atom is -0.497 e. The highest BCUT2D eigenvalue weighted by Gasteiger charge is 2.13. The summed E-state index contributed by atoms with van der Waals surface area (Å²) in [5, 5.41) is 2.97. The molecule has 0 unspecified atom stereocenters. The van der Waals surface area contributed by atoms with Gasteiger partial charge in [0, 0.05) is 25.6 Å². The molecule has 6 nitrogen and oxygen atoms in total. The van der Waals surface area contributed by atoms with Crippen LogP contribution in [0.2, 0.25) is 0 Å². The van der Waals surface area contributed by atoms with Crippen LogP contribution in [0, 0.1) is 20.8 Å². The fourth-order valence-corrected chi connectivity index (χ4v) is 3.19. The van der Waals surface area contributed by atoms with Gasteiger partial charge in [0.1, 0.15) is 18.1 Å². The Morgan fingerprint density at radius 3 is 2.10 bits per heavy atom. The van der Waals surface area contributed by atoms with Crippen molar-refractivity contribution in [1.82, 2.24) is 4.90 Å². The number of benzene rings is 2. The first kappa shape index (κ1) is 22.3. The molecule has 0 saturated heterocycles. The highest BCUT2D eigenvalue weighted by atomic mass is 16.5. The van der Waals surface area contributed by atoms with Gasteiger partial charge in [-0.05, 0) is 56.2 Å². The van der Waals surface area contributed by atoms with Gasteiger partial charge in [-0.1, -0.05) is 17.7 Å². The number of nitrogens with one attached hydrogen (secondary N) is 1. The van der Waals surface area contributed by atoms with Crippen molar-refractivity contribution < 1.29 is 19.1 Å². The molecule has 0 heterocycles. The van der Waals surface area contributed by atoms with E-state index in [-0.39, 0.29) is 18.2 Å². The zero-order valence-corrected chi connectivity index (χ0v) is 17.9. The Morgan fingerprint density at radius 2 is 1.55 bits per heavy atom. The number of amides is 2. The number of carbonyl (C=O) groups is 2. The molecule has 0 fully saturated rings. The second-order valence-electron chi connectivity index (χ2n) is 7.10.